The van der Waals surface area contributed by atoms with Crippen LogP contribution < -0.4 is 9.47 Å². The highest BCUT2D eigenvalue weighted by atomic mass is 16.5. The van der Waals surface area contributed by atoms with E-state index in [0.717, 1.165) is 73.8 Å². The topological polar surface area (TPSA) is 35.5 Å². The Morgan fingerprint density at radius 2 is 1.47 bits per heavy atom. The average Bonchev–Trinajstić information content (AvgIpc) is 2.74. The number of hydrogen-bond acceptors (Lipinski definition) is 3. The molecule has 0 fully saturated rings. The minimum atomic E-state index is -0.274. The molecular weight excluding hydrogens is 420 g/mol. The van der Waals surface area contributed by atoms with E-state index < -0.39 is 0 Å². The Balaban J connectivity index is 1.95. The summed E-state index contributed by atoms with van der Waals surface area (Å²) >= 11 is 0. The molecule has 0 radical (unpaired) electrons. The summed E-state index contributed by atoms with van der Waals surface area (Å²) in [5.74, 6) is 1.42. The lowest BCUT2D eigenvalue weighted by Gasteiger charge is -2.38. The van der Waals surface area contributed by atoms with Gasteiger partial charge < -0.3 is 9.47 Å². The van der Waals surface area contributed by atoms with Crippen molar-refractivity contribution < 1.29 is 14.3 Å². The summed E-state index contributed by atoms with van der Waals surface area (Å²) in [7, 11) is 0. The molecule has 0 amide bonds. The standard InChI is InChI=1S/C31H46O3/c1-21(2)13-10-14-22(3)15-11-16-23(4)17-12-19-31(9)20-18-28-26(7)29(33-27(8)32)24(5)25(6)30(28)34-31/h13,15,17H,10-12,14,16,18-20H2,1-9H3/b22-15+,23-17+. The van der Waals surface area contributed by atoms with Crippen molar-refractivity contribution in [2.75, 3.05) is 0 Å². The number of ether oxygens (including phenoxy) is 2. The summed E-state index contributed by atoms with van der Waals surface area (Å²) < 4.78 is 12.2. The van der Waals surface area contributed by atoms with E-state index in [2.05, 4.69) is 59.8 Å². The van der Waals surface area contributed by atoms with Crippen LogP contribution in [0.4, 0.5) is 0 Å². The normalized spacial score (nSPS) is 18.3. The van der Waals surface area contributed by atoms with Crippen LogP contribution in [0.5, 0.6) is 11.5 Å². The van der Waals surface area contributed by atoms with Crippen LogP contribution in [0.3, 0.4) is 0 Å². The van der Waals surface area contributed by atoms with Crippen molar-refractivity contribution in [1.82, 2.24) is 0 Å². The molecule has 188 valence electrons. The highest BCUT2D eigenvalue weighted by Crippen LogP contribution is 2.44. The number of rotatable bonds is 10. The van der Waals surface area contributed by atoms with Crippen LogP contribution in [0.15, 0.2) is 34.9 Å². The molecule has 2 rings (SSSR count). The molecule has 0 N–H and O–H groups in total. The SMILES string of the molecule is CC(=O)Oc1c(C)c(C)c2c(c1C)CCC(C)(CC/C=C(\C)CC/C=C(\C)CCC=C(C)C)O2. The van der Waals surface area contributed by atoms with Gasteiger partial charge in [-0.1, -0.05) is 34.9 Å². The van der Waals surface area contributed by atoms with Gasteiger partial charge in [-0.05, 0) is 123 Å². The van der Waals surface area contributed by atoms with Gasteiger partial charge in [0, 0.05) is 12.5 Å². The van der Waals surface area contributed by atoms with E-state index in [9.17, 15) is 4.79 Å². The lowest BCUT2D eigenvalue weighted by atomic mass is 9.85. The van der Waals surface area contributed by atoms with Gasteiger partial charge in [0.15, 0.2) is 0 Å². The highest BCUT2D eigenvalue weighted by molar-refractivity contribution is 5.72. The van der Waals surface area contributed by atoms with Gasteiger partial charge in [-0.25, -0.2) is 0 Å². The summed E-state index contributed by atoms with van der Waals surface area (Å²) in [6.45, 7) is 18.6. The summed E-state index contributed by atoms with van der Waals surface area (Å²) in [6, 6.07) is 0. The molecule has 1 atom stereocenters. The van der Waals surface area contributed by atoms with Crippen molar-refractivity contribution in [1.29, 1.82) is 0 Å². The molecule has 1 aromatic rings. The predicted octanol–water partition coefficient (Wildman–Crippen LogP) is 8.82. The summed E-state index contributed by atoms with van der Waals surface area (Å²) in [5.41, 5.74) is 8.49. The molecule has 0 aromatic heterocycles. The Kier molecular flexibility index (Phi) is 10.2. The number of esters is 1. The molecule has 0 aliphatic carbocycles. The summed E-state index contributed by atoms with van der Waals surface area (Å²) in [6.07, 6.45) is 15.6. The molecule has 1 aliphatic heterocycles. The number of fused-ring (bicyclic) bond motifs is 1. The van der Waals surface area contributed by atoms with Gasteiger partial charge >= 0.3 is 5.97 Å². The van der Waals surface area contributed by atoms with E-state index in [1.165, 1.54) is 29.2 Å². The van der Waals surface area contributed by atoms with Gasteiger partial charge in [-0.3, -0.25) is 4.79 Å². The van der Waals surface area contributed by atoms with Crippen LogP contribution in [-0.2, 0) is 11.2 Å². The van der Waals surface area contributed by atoms with Crippen molar-refractivity contribution in [2.45, 2.75) is 119 Å². The first-order valence-electron chi connectivity index (χ1n) is 12.9. The van der Waals surface area contributed by atoms with Crippen LogP contribution in [0.1, 0.15) is 109 Å². The molecule has 0 bridgehead atoms. The van der Waals surface area contributed by atoms with Gasteiger partial charge in [0.1, 0.15) is 17.1 Å². The first-order chi connectivity index (χ1) is 15.9. The first kappa shape index (κ1) is 28.0. The van der Waals surface area contributed by atoms with Crippen molar-refractivity contribution >= 4 is 5.97 Å². The molecule has 1 aromatic carbocycles. The van der Waals surface area contributed by atoms with E-state index in [1.807, 2.05) is 13.8 Å². The fourth-order valence-corrected chi connectivity index (χ4v) is 4.72. The molecule has 1 aliphatic rings. The van der Waals surface area contributed by atoms with Crippen LogP contribution >= 0.6 is 0 Å². The van der Waals surface area contributed by atoms with E-state index in [-0.39, 0.29) is 11.6 Å². The summed E-state index contributed by atoms with van der Waals surface area (Å²) in [4.78, 5) is 11.6. The smallest absolute Gasteiger partial charge is 0.308 e. The minimum absolute atomic E-state index is 0.169. The molecule has 3 nitrogen and oxygen atoms in total. The lowest BCUT2D eigenvalue weighted by molar-refractivity contribution is -0.132. The third-order valence-electron chi connectivity index (χ3n) is 7.10. The minimum Gasteiger partial charge on any atom is -0.487 e. The Hall–Kier alpha value is -2.29. The molecule has 0 saturated heterocycles. The largest absolute Gasteiger partial charge is 0.487 e. The molecule has 34 heavy (non-hydrogen) atoms. The maximum Gasteiger partial charge on any atom is 0.308 e. The van der Waals surface area contributed by atoms with Crippen molar-refractivity contribution in [2.24, 2.45) is 0 Å². The molecular formula is C31H46O3. The second kappa shape index (κ2) is 12.4. The number of carbonyl (C=O) groups is 1. The van der Waals surface area contributed by atoms with Crippen molar-refractivity contribution in [3.05, 3.63) is 57.2 Å². The zero-order valence-electron chi connectivity index (χ0n) is 23.1. The Labute approximate surface area is 208 Å². The van der Waals surface area contributed by atoms with Gasteiger partial charge in [0.05, 0.1) is 0 Å². The summed E-state index contributed by atoms with van der Waals surface area (Å²) in [5, 5.41) is 0. The fraction of sp³-hybridized carbons (Fsp3) is 0.581. The average molecular weight is 467 g/mol. The third-order valence-corrected chi connectivity index (χ3v) is 7.10. The molecule has 0 spiro atoms. The maximum atomic E-state index is 11.6. The van der Waals surface area contributed by atoms with Gasteiger partial charge in [0.2, 0.25) is 0 Å². The van der Waals surface area contributed by atoms with E-state index >= 15 is 0 Å². The zero-order chi connectivity index (χ0) is 25.5. The molecule has 1 heterocycles. The second-order valence-corrected chi connectivity index (χ2v) is 10.7. The third kappa shape index (κ3) is 7.89. The van der Waals surface area contributed by atoms with E-state index in [0.29, 0.717) is 5.75 Å². The maximum absolute atomic E-state index is 11.6. The monoisotopic (exact) mass is 466 g/mol. The number of hydrogen-bond donors (Lipinski definition) is 0. The van der Waals surface area contributed by atoms with Crippen LogP contribution in [0.25, 0.3) is 0 Å². The van der Waals surface area contributed by atoms with Crippen LogP contribution in [0.2, 0.25) is 0 Å². The Bertz CT molecular complexity index is 973. The molecule has 1 unspecified atom stereocenters. The lowest BCUT2D eigenvalue weighted by Crippen LogP contribution is -2.37. The zero-order valence-corrected chi connectivity index (χ0v) is 23.1. The Morgan fingerprint density at radius 1 is 0.882 bits per heavy atom. The molecule has 0 saturated carbocycles. The number of carbonyl (C=O) groups excluding carboxylic acids is 1. The van der Waals surface area contributed by atoms with Crippen LogP contribution in [0, 0.1) is 20.8 Å². The quantitative estimate of drug-likeness (QED) is 0.196. The molecule has 3 heteroatoms. The van der Waals surface area contributed by atoms with Gasteiger partial charge in [-0.2, -0.15) is 0 Å². The van der Waals surface area contributed by atoms with Gasteiger partial charge in [0.25, 0.3) is 0 Å². The highest BCUT2D eigenvalue weighted by Gasteiger charge is 2.34. The fourth-order valence-electron chi connectivity index (χ4n) is 4.72. The van der Waals surface area contributed by atoms with E-state index in [1.54, 1.807) is 0 Å². The Morgan fingerprint density at radius 3 is 2.06 bits per heavy atom. The second-order valence-electron chi connectivity index (χ2n) is 10.7. The van der Waals surface area contributed by atoms with Crippen molar-refractivity contribution in [3.8, 4) is 11.5 Å². The predicted molar refractivity (Wildman–Crippen MR) is 144 cm³/mol. The number of allylic oxidation sites excluding steroid dienone is 6. The first-order valence-corrected chi connectivity index (χ1v) is 12.9. The van der Waals surface area contributed by atoms with Gasteiger partial charge in [-0.15, -0.1) is 0 Å². The van der Waals surface area contributed by atoms with Crippen LogP contribution in [-0.4, -0.2) is 11.6 Å². The van der Waals surface area contributed by atoms with E-state index in [4.69, 9.17) is 9.47 Å². The number of benzene rings is 1. The van der Waals surface area contributed by atoms with Crippen molar-refractivity contribution in [3.63, 3.8) is 0 Å².